The summed E-state index contributed by atoms with van der Waals surface area (Å²) >= 11 is 0. The number of anilines is 1. The maximum Gasteiger partial charge on any atom is 0.241 e. The molecule has 2 rings (SSSR count). The van der Waals surface area contributed by atoms with Crippen LogP contribution in [0.25, 0.3) is 0 Å². The van der Waals surface area contributed by atoms with Crippen LogP contribution in [-0.4, -0.2) is 4.98 Å². The van der Waals surface area contributed by atoms with Crippen molar-refractivity contribution >= 4 is 5.69 Å². The van der Waals surface area contributed by atoms with E-state index < -0.39 is 0 Å². The smallest absolute Gasteiger partial charge is 0.241 e. The molecule has 0 aliphatic carbocycles. The number of aromatic amines is 1. The Bertz CT molecular complexity index is 362. The zero-order valence-electron chi connectivity index (χ0n) is 7.27. The molecule has 66 valence electrons. The minimum absolute atomic E-state index is 0.808. The molecule has 3 nitrogen and oxygen atoms in total. The Morgan fingerprint density at radius 1 is 1.23 bits per heavy atom. The Kier molecular flexibility index (Phi) is 2.00. The zero-order chi connectivity index (χ0) is 9.10. The number of H-pyrrole nitrogens is 1. The fourth-order valence-corrected chi connectivity index (χ4v) is 1.25. The first-order valence-electron chi connectivity index (χ1n) is 4.21. The maximum atomic E-state index is 5.59. The van der Waals surface area contributed by atoms with Crippen LogP contribution in [0.4, 0.5) is 5.69 Å². The molecule has 1 aromatic heterocycles. The minimum Gasteiger partial charge on any atom is -0.399 e. The van der Waals surface area contributed by atoms with Crippen LogP contribution in [0.5, 0.6) is 0 Å². The predicted octanol–water partition coefficient (Wildman–Crippen LogP) is 0.933. The molecule has 3 N–H and O–H groups in total. The van der Waals surface area contributed by atoms with Crippen LogP contribution in [0, 0.1) is 0 Å². The second-order valence-corrected chi connectivity index (χ2v) is 3.03. The molecule has 0 radical (unpaired) electrons. The molecule has 2 aromatic rings. The number of hydrogen-bond acceptors (Lipinski definition) is 1. The average molecular weight is 174 g/mol. The molecular formula is C10H12N3+. The first kappa shape index (κ1) is 7.86. The molecule has 0 fully saturated rings. The molecule has 3 heteroatoms. The van der Waals surface area contributed by atoms with E-state index in [9.17, 15) is 0 Å². The predicted molar refractivity (Wildman–Crippen MR) is 50.9 cm³/mol. The van der Waals surface area contributed by atoms with Crippen LogP contribution in [0.15, 0.2) is 43.0 Å². The number of imidazole rings is 1. The Labute approximate surface area is 76.8 Å². The molecule has 1 heterocycles. The van der Waals surface area contributed by atoms with Crippen LogP contribution in [0.3, 0.4) is 0 Å². The van der Waals surface area contributed by atoms with E-state index in [2.05, 4.69) is 9.55 Å². The third kappa shape index (κ3) is 1.87. The fourth-order valence-electron chi connectivity index (χ4n) is 1.25. The lowest BCUT2D eigenvalue weighted by molar-refractivity contribution is -0.687. The fraction of sp³-hybridized carbons (Fsp3) is 0.100. The van der Waals surface area contributed by atoms with Crippen molar-refractivity contribution in [2.75, 3.05) is 5.73 Å². The number of rotatable bonds is 2. The van der Waals surface area contributed by atoms with Crippen molar-refractivity contribution in [1.29, 1.82) is 0 Å². The summed E-state index contributed by atoms with van der Waals surface area (Å²) in [6.07, 6.45) is 5.82. The van der Waals surface area contributed by atoms with Gasteiger partial charge in [0.1, 0.15) is 18.9 Å². The topological polar surface area (TPSA) is 45.7 Å². The van der Waals surface area contributed by atoms with Crippen LogP contribution in [0.1, 0.15) is 5.56 Å². The van der Waals surface area contributed by atoms with Crippen molar-refractivity contribution < 1.29 is 4.57 Å². The number of nitrogen functional groups attached to an aromatic ring is 1. The Balaban J connectivity index is 2.15. The Hall–Kier alpha value is -1.77. The molecule has 0 bridgehead atoms. The Morgan fingerprint density at radius 3 is 2.62 bits per heavy atom. The van der Waals surface area contributed by atoms with Crippen molar-refractivity contribution in [3.05, 3.63) is 48.5 Å². The molecule has 1 aromatic carbocycles. The van der Waals surface area contributed by atoms with E-state index in [1.807, 2.05) is 43.0 Å². The van der Waals surface area contributed by atoms with Gasteiger partial charge in [0.2, 0.25) is 6.33 Å². The number of aromatic nitrogens is 2. The van der Waals surface area contributed by atoms with Gasteiger partial charge in [-0.3, -0.25) is 4.98 Å². The molecule has 0 aliphatic heterocycles. The van der Waals surface area contributed by atoms with E-state index >= 15 is 0 Å². The number of nitrogens with zero attached hydrogens (tertiary/aromatic N) is 1. The minimum atomic E-state index is 0.808. The largest absolute Gasteiger partial charge is 0.399 e. The number of hydrogen-bond donors (Lipinski definition) is 2. The normalized spacial score (nSPS) is 10.2. The number of nitrogens with two attached hydrogens (primary N) is 1. The van der Waals surface area contributed by atoms with Gasteiger partial charge in [0.15, 0.2) is 0 Å². The van der Waals surface area contributed by atoms with Crippen molar-refractivity contribution in [1.82, 2.24) is 4.98 Å². The summed E-state index contributed by atoms with van der Waals surface area (Å²) in [6, 6.07) is 7.91. The van der Waals surface area contributed by atoms with Crippen molar-refractivity contribution in [2.45, 2.75) is 6.54 Å². The Morgan fingerprint density at radius 2 is 2.00 bits per heavy atom. The first-order valence-corrected chi connectivity index (χ1v) is 4.21. The van der Waals surface area contributed by atoms with Gasteiger partial charge in [-0.15, -0.1) is 0 Å². The first-order chi connectivity index (χ1) is 6.34. The lowest BCUT2D eigenvalue weighted by Crippen LogP contribution is -2.30. The van der Waals surface area contributed by atoms with Gasteiger partial charge in [-0.1, -0.05) is 12.1 Å². The van der Waals surface area contributed by atoms with Crippen LogP contribution in [0.2, 0.25) is 0 Å². The highest BCUT2D eigenvalue weighted by molar-refractivity contribution is 5.38. The van der Waals surface area contributed by atoms with E-state index in [-0.39, 0.29) is 0 Å². The van der Waals surface area contributed by atoms with Crippen molar-refractivity contribution in [2.24, 2.45) is 0 Å². The lowest BCUT2D eigenvalue weighted by Gasteiger charge is -1.97. The second-order valence-electron chi connectivity index (χ2n) is 3.03. The van der Waals surface area contributed by atoms with E-state index in [1.165, 1.54) is 5.56 Å². The third-order valence-electron chi connectivity index (χ3n) is 1.95. The summed E-state index contributed by atoms with van der Waals surface area (Å²) in [6.45, 7) is 0.879. The van der Waals surface area contributed by atoms with Crippen LogP contribution >= 0.6 is 0 Å². The highest BCUT2D eigenvalue weighted by Crippen LogP contribution is 2.04. The summed E-state index contributed by atoms with van der Waals surface area (Å²) < 4.78 is 2.07. The number of nitrogens with one attached hydrogen (secondary N) is 1. The number of benzene rings is 1. The third-order valence-corrected chi connectivity index (χ3v) is 1.95. The standard InChI is InChI=1S/C10H11N3/c11-10-3-1-9(2-4-10)7-13-6-5-12-8-13/h1-6,8H,7,11H2/p+1. The summed E-state index contributed by atoms with van der Waals surface area (Å²) in [5.74, 6) is 0. The van der Waals surface area contributed by atoms with E-state index in [0.717, 1.165) is 12.2 Å². The van der Waals surface area contributed by atoms with E-state index in [1.54, 1.807) is 0 Å². The van der Waals surface area contributed by atoms with Crippen molar-refractivity contribution in [3.63, 3.8) is 0 Å². The van der Waals surface area contributed by atoms with Gasteiger partial charge in [-0.25, -0.2) is 4.57 Å². The lowest BCUT2D eigenvalue weighted by atomic mass is 10.2. The molecular weight excluding hydrogens is 162 g/mol. The molecule has 13 heavy (non-hydrogen) atoms. The molecule has 0 amide bonds. The summed E-state index contributed by atoms with van der Waals surface area (Å²) in [5, 5.41) is 0. The second kappa shape index (κ2) is 3.31. The van der Waals surface area contributed by atoms with Gasteiger partial charge in [-0.2, -0.15) is 0 Å². The molecule has 0 unspecified atom stereocenters. The molecule has 0 atom stereocenters. The summed E-state index contributed by atoms with van der Waals surface area (Å²) in [5.41, 5.74) is 7.64. The van der Waals surface area contributed by atoms with Crippen LogP contribution in [-0.2, 0) is 6.54 Å². The van der Waals surface area contributed by atoms with Gasteiger partial charge in [-0.05, 0) is 17.7 Å². The van der Waals surface area contributed by atoms with Crippen molar-refractivity contribution in [3.8, 4) is 0 Å². The molecule has 0 saturated carbocycles. The van der Waals surface area contributed by atoms with Crippen LogP contribution < -0.4 is 10.3 Å². The maximum absolute atomic E-state index is 5.59. The highest BCUT2D eigenvalue weighted by Gasteiger charge is 1.98. The van der Waals surface area contributed by atoms with Gasteiger partial charge < -0.3 is 5.73 Å². The zero-order valence-corrected chi connectivity index (χ0v) is 7.27. The summed E-state index contributed by atoms with van der Waals surface area (Å²) in [7, 11) is 0. The molecule has 0 spiro atoms. The summed E-state index contributed by atoms with van der Waals surface area (Å²) in [4.78, 5) is 3.00. The average Bonchev–Trinajstić information content (AvgIpc) is 2.62. The molecule has 0 saturated heterocycles. The van der Waals surface area contributed by atoms with E-state index in [4.69, 9.17) is 5.73 Å². The monoisotopic (exact) mass is 174 g/mol. The quantitative estimate of drug-likeness (QED) is 0.516. The van der Waals surface area contributed by atoms with Gasteiger partial charge in [0.25, 0.3) is 0 Å². The molecule has 0 aliphatic rings. The van der Waals surface area contributed by atoms with E-state index in [0.29, 0.717) is 0 Å². The highest BCUT2D eigenvalue weighted by atomic mass is 15.0. The van der Waals surface area contributed by atoms with Gasteiger partial charge in [0, 0.05) is 5.69 Å². The van der Waals surface area contributed by atoms with Gasteiger partial charge >= 0.3 is 0 Å². The SMILES string of the molecule is Nc1ccc(C[n+]2cc[nH]c2)cc1. The van der Waals surface area contributed by atoms with Gasteiger partial charge in [0.05, 0.1) is 0 Å².